The number of pyridine rings is 1. The highest BCUT2D eigenvalue weighted by atomic mass is 32.2. The second kappa shape index (κ2) is 5.21. The van der Waals surface area contributed by atoms with Crippen LogP contribution in [0.25, 0.3) is 5.65 Å². The van der Waals surface area contributed by atoms with Gasteiger partial charge in [0.15, 0.2) is 0 Å². The number of fused-ring (bicyclic) bond motifs is 1. The molecule has 0 aliphatic carbocycles. The minimum atomic E-state index is -0.0929. The average Bonchev–Trinajstić information content (AvgIpc) is 2.77. The van der Waals surface area contributed by atoms with E-state index < -0.39 is 0 Å². The monoisotopic (exact) mass is 302 g/mol. The van der Waals surface area contributed by atoms with Gasteiger partial charge in [-0.15, -0.1) is 10.2 Å². The standard InChI is InChI=1S/C13H14N6OS/c1-8-3-4-11-15-10(5-12(20)18(11)6-8)7-21-13-17-16-9(2)19(13)14/h3-6H,7,14H2,1-2H3. The first-order valence-electron chi connectivity index (χ1n) is 6.33. The van der Waals surface area contributed by atoms with Crippen molar-refractivity contribution in [2.24, 2.45) is 0 Å². The van der Waals surface area contributed by atoms with Crippen LogP contribution in [0.2, 0.25) is 0 Å². The molecule has 3 aromatic rings. The van der Waals surface area contributed by atoms with Crippen LogP contribution in [0.1, 0.15) is 17.1 Å². The summed E-state index contributed by atoms with van der Waals surface area (Å²) in [6.45, 7) is 3.71. The molecule has 3 aromatic heterocycles. The Morgan fingerprint density at radius 3 is 2.81 bits per heavy atom. The molecule has 0 bridgehead atoms. The molecular weight excluding hydrogens is 288 g/mol. The average molecular weight is 302 g/mol. The molecule has 0 fully saturated rings. The van der Waals surface area contributed by atoms with Gasteiger partial charge in [0.2, 0.25) is 5.16 Å². The van der Waals surface area contributed by atoms with Gasteiger partial charge >= 0.3 is 0 Å². The number of nitrogen functional groups attached to an aromatic ring is 1. The van der Waals surface area contributed by atoms with Crippen molar-refractivity contribution in [3.63, 3.8) is 0 Å². The van der Waals surface area contributed by atoms with Crippen LogP contribution < -0.4 is 11.4 Å². The van der Waals surface area contributed by atoms with Gasteiger partial charge in [-0.25, -0.2) is 9.66 Å². The second-order valence-electron chi connectivity index (χ2n) is 4.71. The maximum absolute atomic E-state index is 12.1. The Hall–Kier alpha value is -2.35. The Balaban J connectivity index is 1.89. The smallest absolute Gasteiger partial charge is 0.258 e. The first kappa shape index (κ1) is 13.6. The first-order valence-corrected chi connectivity index (χ1v) is 7.32. The topological polar surface area (TPSA) is 91.1 Å². The lowest BCUT2D eigenvalue weighted by molar-refractivity contribution is 0.824. The molecule has 108 valence electrons. The van der Waals surface area contributed by atoms with Crippen LogP contribution in [-0.2, 0) is 5.75 Å². The lowest BCUT2D eigenvalue weighted by atomic mass is 10.3. The Morgan fingerprint density at radius 2 is 2.10 bits per heavy atom. The van der Waals surface area contributed by atoms with Gasteiger partial charge in [-0.3, -0.25) is 9.20 Å². The summed E-state index contributed by atoms with van der Waals surface area (Å²) in [5, 5.41) is 8.45. The van der Waals surface area contributed by atoms with Crippen LogP contribution in [0.3, 0.4) is 0 Å². The molecule has 0 spiro atoms. The van der Waals surface area contributed by atoms with E-state index in [1.807, 2.05) is 19.1 Å². The van der Waals surface area contributed by atoms with Crippen molar-refractivity contribution in [1.82, 2.24) is 24.3 Å². The molecule has 0 saturated carbocycles. The summed E-state index contributed by atoms with van der Waals surface area (Å²) < 4.78 is 2.96. The van der Waals surface area contributed by atoms with Gasteiger partial charge in [0, 0.05) is 18.0 Å². The highest BCUT2D eigenvalue weighted by molar-refractivity contribution is 7.98. The van der Waals surface area contributed by atoms with E-state index in [2.05, 4.69) is 15.2 Å². The van der Waals surface area contributed by atoms with E-state index in [0.29, 0.717) is 28.1 Å². The van der Waals surface area contributed by atoms with Gasteiger partial charge < -0.3 is 5.84 Å². The molecule has 0 atom stereocenters. The predicted octanol–water partition coefficient (Wildman–Crippen LogP) is 0.909. The van der Waals surface area contributed by atoms with E-state index in [0.717, 1.165) is 5.56 Å². The molecule has 0 radical (unpaired) electrons. The number of thioether (sulfide) groups is 1. The number of aryl methyl sites for hydroxylation is 2. The van der Waals surface area contributed by atoms with Crippen LogP contribution in [-0.4, -0.2) is 24.3 Å². The third kappa shape index (κ3) is 2.62. The molecule has 2 N–H and O–H groups in total. The molecular formula is C13H14N6OS. The Labute approximate surface area is 124 Å². The molecule has 3 heterocycles. The van der Waals surface area contributed by atoms with Crippen LogP contribution in [0.5, 0.6) is 0 Å². The molecule has 21 heavy (non-hydrogen) atoms. The summed E-state index contributed by atoms with van der Waals surface area (Å²) in [4.78, 5) is 16.6. The van der Waals surface area contributed by atoms with Crippen molar-refractivity contribution >= 4 is 17.4 Å². The molecule has 0 aromatic carbocycles. The summed E-state index contributed by atoms with van der Waals surface area (Å²) in [7, 11) is 0. The van der Waals surface area contributed by atoms with Gasteiger partial charge in [0.25, 0.3) is 5.56 Å². The summed E-state index contributed by atoms with van der Waals surface area (Å²) >= 11 is 1.40. The summed E-state index contributed by atoms with van der Waals surface area (Å²) in [5.41, 5.74) is 2.24. The molecule has 0 amide bonds. The van der Waals surface area contributed by atoms with Crippen LogP contribution in [0.4, 0.5) is 0 Å². The maximum atomic E-state index is 12.1. The number of hydrogen-bond acceptors (Lipinski definition) is 6. The zero-order chi connectivity index (χ0) is 15.0. The molecule has 0 saturated heterocycles. The molecule has 3 rings (SSSR count). The Bertz CT molecular complexity index is 869. The lowest BCUT2D eigenvalue weighted by Crippen LogP contribution is -2.15. The maximum Gasteiger partial charge on any atom is 0.258 e. The minimum Gasteiger partial charge on any atom is -0.336 e. The van der Waals surface area contributed by atoms with E-state index in [4.69, 9.17) is 5.84 Å². The van der Waals surface area contributed by atoms with Crippen molar-refractivity contribution < 1.29 is 0 Å². The number of hydrogen-bond donors (Lipinski definition) is 1. The van der Waals surface area contributed by atoms with E-state index in [9.17, 15) is 4.79 Å². The van der Waals surface area contributed by atoms with E-state index in [1.165, 1.54) is 22.5 Å². The lowest BCUT2D eigenvalue weighted by Gasteiger charge is -2.05. The quantitative estimate of drug-likeness (QED) is 0.571. The number of nitrogens with two attached hydrogens (primary N) is 1. The van der Waals surface area contributed by atoms with Gasteiger partial charge in [-0.1, -0.05) is 17.8 Å². The second-order valence-corrected chi connectivity index (χ2v) is 5.65. The number of aromatic nitrogens is 5. The normalized spacial score (nSPS) is 11.1. The third-order valence-electron chi connectivity index (χ3n) is 3.04. The molecule has 7 nitrogen and oxygen atoms in total. The SMILES string of the molecule is Cc1ccc2nc(CSc3nnc(C)n3N)cc(=O)n2c1. The van der Waals surface area contributed by atoms with Crippen molar-refractivity contribution in [3.05, 3.63) is 51.8 Å². The van der Waals surface area contributed by atoms with Crippen LogP contribution in [0, 0.1) is 13.8 Å². The van der Waals surface area contributed by atoms with Gasteiger partial charge in [-0.2, -0.15) is 0 Å². The molecule has 8 heteroatoms. The molecule has 0 aliphatic heterocycles. The van der Waals surface area contributed by atoms with E-state index in [-0.39, 0.29) is 5.56 Å². The van der Waals surface area contributed by atoms with Crippen molar-refractivity contribution in [2.75, 3.05) is 5.84 Å². The number of nitrogens with zero attached hydrogens (tertiary/aromatic N) is 5. The Kier molecular flexibility index (Phi) is 3.38. The number of rotatable bonds is 3. The van der Waals surface area contributed by atoms with Crippen LogP contribution in [0.15, 0.2) is 34.3 Å². The van der Waals surface area contributed by atoms with E-state index >= 15 is 0 Å². The van der Waals surface area contributed by atoms with Crippen molar-refractivity contribution in [1.29, 1.82) is 0 Å². The minimum absolute atomic E-state index is 0.0929. The summed E-state index contributed by atoms with van der Waals surface area (Å²) in [6.07, 6.45) is 1.78. The van der Waals surface area contributed by atoms with Gasteiger partial charge in [0.05, 0.1) is 5.69 Å². The summed E-state index contributed by atoms with van der Waals surface area (Å²) in [6, 6.07) is 5.29. The van der Waals surface area contributed by atoms with Gasteiger partial charge in [0.1, 0.15) is 11.5 Å². The highest BCUT2D eigenvalue weighted by Crippen LogP contribution is 2.18. The van der Waals surface area contributed by atoms with Crippen molar-refractivity contribution in [2.45, 2.75) is 24.8 Å². The molecule has 0 aliphatic rings. The first-order chi connectivity index (χ1) is 10.0. The van der Waals surface area contributed by atoms with Gasteiger partial charge in [-0.05, 0) is 25.5 Å². The highest BCUT2D eigenvalue weighted by Gasteiger charge is 2.08. The fourth-order valence-corrected chi connectivity index (χ4v) is 2.71. The summed E-state index contributed by atoms with van der Waals surface area (Å²) in [5.74, 6) is 6.94. The van der Waals surface area contributed by atoms with Crippen molar-refractivity contribution in [3.8, 4) is 0 Å². The molecule has 0 unspecified atom stereocenters. The largest absolute Gasteiger partial charge is 0.336 e. The predicted molar refractivity (Wildman–Crippen MR) is 80.7 cm³/mol. The third-order valence-corrected chi connectivity index (χ3v) is 4.02. The van der Waals surface area contributed by atoms with E-state index in [1.54, 1.807) is 17.5 Å². The van der Waals surface area contributed by atoms with Crippen LogP contribution >= 0.6 is 11.8 Å². The fraction of sp³-hybridized carbons (Fsp3) is 0.231. The fourth-order valence-electron chi connectivity index (χ4n) is 1.92. The zero-order valence-corrected chi connectivity index (χ0v) is 12.5. The zero-order valence-electron chi connectivity index (χ0n) is 11.6. The Morgan fingerprint density at radius 1 is 1.29 bits per heavy atom.